The molecule has 20 heavy (non-hydrogen) atoms. The summed E-state index contributed by atoms with van der Waals surface area (Å²) in [7, 11) is 0. The number of benzene rings is 1. The summed E-state index contributed by atoms with van der Waals surface area (Å²) in [4.78, 5) is 12.3. The van der Waals surface area contributed by atoms with Crippen molar-refractivity contribution in [1.82, 2.24) is 5.32 Å². The zero-order valence-corrected chi connectivity index (χ0v) is 12.7. The third-order valence-electron chi connectivity index (χ3n) is 4.01. The van der Waals surface area contributed by atoms with Gasteiger partial charge in [0.2, 0.25) is 5.91 Å². The fraction of sp³-hybridized carbons (Fsp3) is 0.588. The smallest absolute Gasteiger partial charge is 0.227 e. The van der Waals surface area contributed by atoms with Gasteiger partial charge in [-0.3, -0.25) is 4.79 Å². The molecule has 0 bridgehead atoms. The van der Waals surface area contributed by atoms with E-state index in [0.717, 1.165) is 50.9 Å². The molecule has 2 N–H and O–H groups in total. The highest BCUT2D eigenvalue weighted by Gasteiger charge is 2.17. The van der Waals surface area contributed by atoms with Crippen LogP contribution in [0.4, 0.5) is 5.69 Å². The highest BCUT2D eigenvalue weighted by molar-refractivity contribution is 5.92. The van der Waals surface area contributed by atoms with Crippen molar-refractivity contribution in [2.75, 3.05) is 11.9 Å². The van der Waals surface area contributed by atoms with Crippen molar-refractivity contribution >= 4 is 11.6 Å². The van der Waals surface area contributed by atoms with Crippen LogP contribution in [0.1, 0.15) is 50.7 Å². The molecule has 0 spiro atoms. The molecule has 0 aromatic heterocycles. The quantitative estimate of drug-likeness (QED) is 0.833. The maximum Gasteiger partial charge on any atom is 0.227 e. The Hall–Kier alpha value is -1.35. The molecule has 1 aliphatic heterocycles. The lowest BCUT2D eigenvalue weighted by molar-refractivity contribution is -0.120. The number of anilines is 1. The van der Waals surface area contributed by atoms with Gasteiger partial charge < -0.3 is 10.6 Å². The predicted molar refractivity (Wildman–Crippen MR) is 83.8 cm³/mol. The molecule has 0 fully saturated rings. The van der Waals surface area contributed by atoms with Crippen LogP contribution >= 0.6 is 0 Å². The molecule has 0 aliphatic carbocycles. The Labute approximate surface area is 122 Å². The fourth-order valence-corrected chi connectivity index (χ4v) is 2.91. The second-order valence-electron chi connectivity index (χ2n) is 5.67. The number of rotatable bonds is 6. The Kier molecular flexibility index (Phi) is 5.60. The second-order valence-corrected chi connectivity index (χ2v) is 5.67. The van der Waals surface area contributed by atoms with Crippen molar-refractivity contribution in [3.05, 3.63) is 29.3 Å². The van der Waals surface area contributed by atoms with Gasteiger partial charge in [-0.1, -0.05) is 32.8 Å². The van der Waals surface area contributed by atoms with E-state index in [2.05, 4.69) is 36.6 Å². The van der Waals surface area contributed by atoms with Gasteiger partial charge in [-0.15, -0.1) is 0 Å². The molecule has 1 heterocycles. The van der Waals surface area contributed by atoms with Gasteiger partial charge in [0.25, 0.3) is 0 Å². The van der Waals surface area contributed by atoms with Crippen LogP contribution in [0.25, 0.3) is 0 Å². The molecule has 2 rings (SSSR count). The summed E-state index contributed by atoms with van der Waals surface area (Å²) in [5, 5.41) is 6.47. The summed E-state index contributed by atoms with van der Waals surface area (Å²) in [6, 6.07) is 6.31. The molecule has 0 saturated heterocycles. The number of amides is 1. The highest BCUT2D eigenvalue weighted by atomic mass is 16.1. The highest BCUT2D eigenvalue weighted by Crippen LogP contribution is 2.21. The van der Waals surface area contributed by atoms with Crippen LogP contribution in [0.15, 0.2) is 18.2 Å². The van der Waals surface area contributed by atoms with Crippen molar-refractivity contribution < 1.29 is 4.79 Å². The zero-order chi connectivity index (χ0) is 14.4. The van der Waals surface area contributed by atoms with E-state index in [1.54, 1.807) is 0 Å². The largest absolute Gasteiger partial charge is 0.326 e. The predicted octanol–water partition coefficient (Wildman–Crippen LogP) is 3.49. The van der Waals surface area contributed by atoms with Crippen LogP contribution in [0.5, 0.6) is 0 Å². The molecule has 0 saturated carbocycles. The average molecular weight is 274 g/mol. The number of hydrogen-bond acceptors (Lipinski definition) is 2. The Morgan fingerprint density at radius 3 is 2.70 bits per heavy atom. The number of nitrogens with one attached hydrogen (secondary N) is 2. The first-order valence-corrected chi connectivity index (χ1v) is 7.88. The second kappa shape index (κ2) is 7.44. The van der Waals surface area contributed by atoms with Crippen LogP contribution in [-0.4, -0.2) is 12.5 Å². The maximum absolute atomic E-state index is 12.3. The molecular weight excluding hydrogens is 248 g/mol. The van der Waals surface area contributed by atoms with E-state index in [1.807, 2.05) is 6.07 Å². The van der Waals surface area contributed by atoms with Gasteiger partial charge in [-0.05, 0) is 49.1 Å². The van der Waals surface area contributed by atoms with Crippen molar-refractivity contribution in [2.24, 2.45) is 5.92 Å². The third-order valence-corrected chi connectivity index (χ3v) is 4.01. The maximum atomic E-state index is 12.3. The lowest BCUT2D eigenvalue weighted by Crippen LogP contribution is -2.25. The number of fused-ring (bicyclic) bond motifs is 1. The molecule has 3 nitrogen and oxygen atoms in total. The lowest BCUT2D eigenvalue weighted by atomic mass is 9.96. The Morgan fingerprint density at radius 2 is 2.00 bits per heavy atom. The summed E-state index contributed by atoms with van der Waals surface area (Å²) in [6.45, 7) is 6.24. The van der Waals surface area contributed by atoms with E-state index in [9.17, 15) is 4.79 Å². The van der Waals surface area contributed by atoms with Crippen molar-refractivity contribution in [1.29, 1.82) is 0 Å². The molecule has 0 radical (unpaired) electrons. The minimum atomic E-state index is 0.152. The normalized spacial score (nSPS) is 14.2. The van der Waals surface area contributed by atoms with E-state index in [1.165, 1.54) is 11.1 Å². The van der Waals surface area contributed by atoms with Crippen molar-refractivity contribution in [3.63, 3.8) is 0 Å². The summed E-state index contributed by atoms with van der Waals surface area (Å²) in [5.74, 6) is 0.330. The molecule has 110 valence electrons. The molecule has 1 aromatic carbocycles. The van der Waals surface area contributed by atoms with Gasteiger partial charge in [0.15, 0.2) is 0 Å². The van der Waals surface area contributed by atoms with Crippen LogP contribution in [0.2, 0.25) is 0 Å². The van der Waals surface area contributed by atoms with Crippen molar-refractivity contribution in [2.45, 2.75) is 52.5 Å². The van der Waals surface area contributed by atoms with Crippen LogP contribution in [0, 0.1) is 5.92 Å². The number of hydrogen-bond donors (Lipinski definition) is 2. The summed E-state index contributed by atoms with van der Waals surface area (Å²) < 4.78 is 0. The van der Waals surface area contributed by atoms with E-state index >= 15 is 0 Å². The van der Waals surface area contributed by atoms with E-state index in [-0.39, 0.29) is 11.8 Å². The first kappa shape index (κ1) is 15.0. The topological polar surface area (TPSA) is 41.1 Å². The van der Waals surface area contributed by atoms with Gasteiger partial charge in [0.05, 0.1) is 0 Å². The first-order chi connectivity index (χ1) is 9.74. The molecule has 0 unspecified atom stereocenters. The molecular formula is C17H26N2O. The Morgan fingerprint density at radius 1 is 1.25 bits per heavy atom. The monoisotopic (exact) mass is 274 g/mol. The van der Waals surface area contributed by atoms with Crippen molar-refractivity contribution in [3.8, 4) is 0 Å². The SMILES string of the molecule is CCCC(CCC)C(=O)Nc1ccc2c(c1)CNCC2. The summed E-state index contributed by atoms with van der Waals surface area (Å²) in [5.41, 5.74) is 3.66. The van der Waals surface area contributed by atoms with E-state index in [0.29, 0.717) is 0 Å². The Balaban J connectivity index is 2.03. The van der Waals surface area contributed by atoms with E-state index < -0.39 is 0 Å². The molecule has 1 aliphatic rings. The number of carbonyl (C=O) groups is 1. The summed E-state index contributed by atoms with van der Waals surface area (Å²) in [6.07, 6.45) is 5.16. The number of carbonyl (C=O) groups excluding carboxylic acids is 1. The summed E-state index contributed by atoms with van der Waals surface area (Å²) >= 11 is 0. The lowest BCUT2D eigenvalue weighted by Gasteiger charge is -2.19. The average Bonchev–Trinajstić information content (AvgIpc) is 2.47. The Bertz CT molecular complexity index is 450. The molecule has 1 amide bonds. The standard InChI is InChI=1S/C17H26N2O/c1-3-5-14(6-4-2)17(20)19-16-8-7-13-9-10-18-12-15(13)11-16/h7-8,11,14,18H,3-6,9-10,12H2,1-2H3,(H,19,20). The van der Waals surface area contributed by atoms with Gasteiger partial charge in [-0.25, -0.2) is 0 Å². The third kappa shape index (κ3) is 3.83. The molecule has 0 atom stereocenters. The first-order valence-electron chi connectivity index (χ1n) is 7.88. The van der Waals surface area contributed by atoms with Crippen LogP contribution in [0.3, 0.4) is 0 Å². The minimum Gasteiger partial charge on any atom is -0.326 e. The molecule has 1 aromatic rings. The van der Waals surface area contributed by atoms with Gasteiger partial charge in [-0.2, -0.15) is 0 Å². The van der Waals surface area contributed by atoms with Gasteiger partial charge in [0, 0.05) is 18.2 Å². The van der Waals surface area contributed by atoms with Crippen LogP contribution in [-0.2, 0) is 17.8 Å². The zero-order valence-electron chi connectivity index (χ0n) is 12.7. The van der Waals surface area contributed by atoms with Gasteiger partial charge >= 0.3 is 0 Å². The fourth-order valence-electron chi connectivity index (χ4n) is 2.91. The van der Waals surface area contributed by atoms with E-state index in [4.69, 9.17) is 0 Å². The minimum absolute atomic E-state index is 0.152. The molecule has 3 heteroatoms. The van der Waals surface area contributed by atoms with Gasteiger partial charge in [0.1, 0.15) is 0 Å². The van der Waals surface area contributed by atoms with Crippen LogP contribution < -0.4 is 10.6 Å².